The van der Waals surface area contributed by atoms with Crippen molar-refractivity contribution in [1.29, 1.82) is 0 Å². The van der Waals surface area contributed by atoms with Gasteiger partial charge in [-0.25, -0.2) is 0 Å². The molecule has 0 aromatic heterocycles. The average Bonchev–Trinajstić information content (AvgIpc) is 2.27. The van der Waals surface area contributed by atoms with Crippen molar-refractivity contribution in [2.75, 3.05) is 18.5 Å². The van der Waals surface area contributed by atoms with E-state index in [0.29, 0.717) is 0 Å². The maximum absolute atomic E-state index is 11.1. The molecule has 0 saturated heterocycles. The normalized spacial score (nSPS) is 11.3. The van der Waals surface area contributed by atoms with Crippen LogP contribution in [0.25, 0.3) is 0 Å². The van der Waals surface area contributed by atoms with Gasteiger partial charge in [-0.15, -0.1) is 0 Å². The van der Waals surface area contributed by atoms with Crippen LogP contribution in [0.15, 0.2) is 24.3 Å². The summed E-state index contributed by atoms with van der Waals surface area (Å²) in [6, 6.07) is 7.46. The molecule has 1 aromatic rings. The first-order chi connectivity index (χ1) is 7.94. The molecule has 0 spiro atoms. The SMILES string of the molecule is CC(=O)c1ccc(NCC(C)(C)CCO)cc1. The van der Waals surface area contributed by atoms with Gasteiger partial charge in [-0.05, 0) is 43.0 Å². The molecule has 0 unspecified atom stereocenters. The van der Waals surface area contributed by atoms with Crippen LogP contribution < -0.4 is 5.32 Å². The van der Waals surface area contributed by atoms with Crippen molar-refractivity contribution in [2.24, 2.45) is 5.41 Å². The third-order valence-corrected chi connectivity index (χ3v) is 2.85. The van der Waals surface area contributed by atoms with Crippen LogP contribution in [-0.4, -0.2) is 24.0 Å². The smallest absolute Gasteiger partial charge is 0.159 e. The Bertz CT molecular complexity index is 368. The van der Waals surface area contributed by atoms with E-state index in [2.05, 4.69) is 19.2 Å². The summed E-state index contributed by atoms with van der Waals surface area (Å²) >= 11 is 0. The largest absolute Gasteiger partial charge is 0.396 e. The standard InChI is InChI=1S/C14H21NO2/c1-11(17)12-4-6-13(7-5-12)15-10-14(2,3)8-9-16/h4-7,15-16H,8-10H2,1-3H3. The van der Waals surface area contributed by atoms with Crippen LogP contribution in [0.4, 0.5) is 5.69 Å². The lowest BCUT2D eigenvalue weighted by molar-refractivity contribution is 0.101. The number of carbonyl (C=O) groups excluding carboxylic acids is 1. The Kier molecular flexibility index (Phi) is 4.70. The van der Waals surface area contributed by atoms with E-state index >= 15 is 0 Å². The quantitative estimate of drug-likeness (QED) is 0.745. The summed E-state index contributed by atoms with van der Waals surface area (Å²) in [5.74, 6) is 0.0807. The lowest BCUT2D eigenvalue weighted by Gasteiger charge is -2.24. The monoisotopic (exact) mass is 235 g/mol. The van der Waals surface area contributed by atoms with Gasteiger partial charge in [0.2, 0.25) is 0 Å². The van der Waals surface area contributed by atoms with E-state index in [0.717, 1.165) is 24.2 Å². The van der Waals surface area contributed by atoms with Gasteiger partial charge >= 0.3 is 0 Å². The molecule has 0 radical (unpaired) electrons. The Hall–Kier alpha value is -1.35. The summed E-state index contributed by atoms with van der Waals surface area (Å²) in [4.78, 5) is 11.1. The first-order valence-corrected chi connectivity index (χ1v) is 5.90. The van der Waals surface area contributed by atoms with Gasteiger partial charge in [-0.3, -0.25) is 4.79 Å². The number of aliphatic hydroxyl groups is 1. The highest BCUT2D eigenvalue weighted by atomic mass is 16.3. The molecule has 3 heteroatoms. The van der Waals surface area contributed by atoms with Gasteiger partial charge in [-0.1, -0.05) is 13.8 Å². The van der Waals surface area contributed by atoms with Crippen molar-refractivity contribution in [3.05, 3.63) is 29.8 Å². The number of ketones is 1. The molecule has 1 rings (SSSR count). The summed E-state index contributed by atoms with van der Waals surface area (Å²) in [6.45, 7) is 6.79. The average molecular weight is 235 g/mol. The molecular formula is C14H21NO2. The van der Waals surface area contributed by atoms with E-state index in [4.69, 9.17) is 5.11 Å². The molecule has 3 nitrogen and oxygen atoms in total. The predicted molar refractivity (Wildman–Crippen MR) is 70.4 cm³/mol. The molecule has 0 fully saturated rings. The van der Waals surface area contributed by atoms with Gasteiger partial charge in [-0.2, -0.15) is 0 Å². The maximum atomic E-state index is 11.1. The van der Waals surface area contributed by atoms with Crippen molar-refractivity contribution in [2.45, 2.75) is 27.2 Å². The summed E-state index contributed by atoms with van der Waals surface area (Å²) in [5, 5.41) is 12.2. The molecule has 0 aliphatic carbocycles. The van der Waals surface area contributed by atoms with E-state index in [1.54, 1.807) is 6.92 Å². The van der Waals surface area contributed by atoms with Crippen LogP contribution in [-0.2, 0) is 0 Å². The first-order valence-electron chi connectivity index (χ1n) is 5.90. The highest BCUT2D eigenvalue weighted by molar-refractivity contribution is 5.94. The van der Waals surface area contributed by atoms with Crippen molar-refractivity contribution in [3.8, 4) is 0 Å². The van der Waals surface area contributed by atoms with Gasteiger partial charge in [0.25, 0.3) is 0 Å². The molecule has 94 valence electrons. The van der Waals surface area contributed by atoms with Crippen molar-refractivity contribution in [3.63, 3.8) is 0 Å². The lowest BCUT2D eigenvalue weighted by atomic mass is 9.89. The third-order valence-electron chi connectivity index (χ3n) is 2.85. The van der Waals surface area contributed by atoms with Crippen LogP contribution in [0.5, 0.6) is 0 Å². The molecule has 0 saturated carbocycles. The number of carbonyl (C=O) groups is 1. The van der Waals surface area contributed by atoms with Crippen LogP contribution >= 0.6 is 0 Å². The molecule has 0 aliphatic heterocycles. The van der Waals surface area contributed by atoms with Gasteiger partial charge < -0.3 is 10.4 Å². The number of Topliss-reactive ketones (excluding diaryl/α,β-unsaturated/α-hetero) is 1. The Morgan fingerprint density at radius 3 is 2.35 bits per heavy atom. The highest BCUT2D eigenvalue weighted by Crippen LogP contribution is 2.21. The molecule has 0 atom stereocenters. The number of aliphatic hydroxyl groups excluding tert-OH is 1. The maximum Gasteiger partial charge on any atom is 0.159 e. The number of rotatable bonds is 6. The zero-order valence-electron chi connectivity index (χ0n) is 10.8. The Labute approximate surface area is 103 Å². The minimum atomic E-state index is 0.0635. The van der Waals surface area contributed by atoms with Crippen molar-refractivity contribution >= 4 is 11.5 Å². The number of hydrogen-bond acceptors (Lipinski definition) is 3. The molecule has 1 aromatic carbocycles. The Morgan fingerprint density at radius 2 is 1.88 bits per heavy atom. The van der Waals surface area contributed by atoms with E-state index in [1.807, 2.05) is 24.3 Å². The molecule has 0 bridgehead atoms. The number of benzene rings is 1. The van der Waals surface area contributed by atoms with E-state index in [9.17, 15) is 4.79 Å². The Morgan fingerprint density at radius 1 is 1.29 bits per heavy atom. The fraction of sp³-hybridized carbons (Fsp3) is 0.500. The summed E-state index contributed by atoms with van der Waals surface area (Å²) in [5.41, 5.74) is 1.79. The fourth-order valence-electron chi connectivity index (χ4n) is 1.56. The van der Waals surface area contributed by atoms with Gasteiger partial charge in [0.1, 0.15) is 0 Å². The molecule has 2 N–H and O–H groups in total. The second-order valence-electron chi connectivity index (χ2n) is 5.12. The van der Waals surface area contributed by atoms with E-state index < -0.39 is 0 Å². The highest BCUT2D eigenvalue weighted by Gasteiger charge is 2.16. The third kappa shape index (κ3) is 4.57. The number of anilines is 1. The van der Waals surface area contributed by atoms with Gasteiger partial charge in [0.15, 0.2) is 5.78 Å². The second-order valence-corrected chi connectivity index (χ2v) is 5.12. The molecule has 17 heavy (non-hydrogen) atoms. The predicted octanol–water partition coefficient (Wildman–Crippen LogP) is 2.71. The van der Waals surface area contributed by atoms with Crippen LogP contribution in [0.2, 0.25) is 0 Å². The van der Waals surface area contributed by atoms with Crippen LogP contribution in [0.1, 0.15) is 37.6 Å². The molecular weight excluding hydrogens is 214 g/mol. The fourth-order valence-corrected chi connectivity index (χ4v) is 1.56. The van der Waals surface area contributed by atoms with Crippen LogP contribution in [0, 0.1) is 5.41 Å². The second kappa shape index (κ2) is 5.82. The number of nitrogens with one attached hydrogen (secondary N) is 1. The zero-order chi connectivity index (χ0) is 12.9. The zero-order valence-corrected chi connectivity index (χ0v) is 10.8. The topological polar surface area (TPSA) is 49.3 Å². The van der Waals surface area contributed by atoms with Crippen LogP contribution in [0.3, 0.4) is 0 Å². The number of hydrogen-bond donors (Lipinski definition) is 2. The summed E-state index contributed by atoms with van der Waals surface area (Å²) in [6.07, 6.45) is 0.769. The van der Waals surface area contributed by atoms with E-state index in [1.165, 1.54) is 0 Å². The summed E-state index contributed by atoms with van der Waals surface area (Å²) < 4.78 is 0. The lowest BCUT2D eigenvalue weighted by Crippen LogP contribution is -2.24. The first kappa shape index (κ1) is 13.7. The molecule has 0 heterocycles. The van der Waals surface area contributed by atoms with E-state index in [-0.39, 0.29) is 17.8 Å². The Balaban J connectivity index is 2.55. The van der Waals surface area contributed by atoms with Gasteiger partial charge in [0, 0.05) is 24.4 Å². The van der Waals surface area contributed by atoms with Crippen molar-refractivity contribution in [1.82, 2.24) is 0 Å². The summed E-state index contributed by atoms with van der Waals surface area (Å²) in [7, 11) is 0. The van der Waals surface area contributed by atoms with Crippen molar-refractivity contribution < 1.29 is 9.90 Å². The minimum Gasteiger partial charge on any atom is -0.396 e. The minimum absolute atomic E-state index is 0.0635. The molecule has 0 amide bonds. The molecule has 0 aliphatic rings. The van der Waals surface area contributed by atoms with Gasteiger partial charge in [0.05, 0.1) is 0 Å².